The van der Waals surface area contributed by atoms with Crippen LogP contribution in [0.25, 0.3) is 0 Å². The summed E-state index contributed by atoms with van der Waals surface area (Å²) in [5.74, 6) is 0.176. The van der Waals surface area contributed by atoms with Gasteiger partial charge in [-0.1, -0.05) is 6.07 Å². The maximum Gasteiger partial charge on any atom is 0.140 e. The van der Waals surface area contributed by atoms with E-state index in [1.54, 1.807) is 12.1 Å². The molecule has 0 atom stereocenters. The average molecular weight is 267 g/mol. The normalized spacial score (nSPS) is 10.6. The number of hydrogen-bond acceptors (Lipinski definition) is 4. The maximum absolute atomic E-state index is 12.9. The van der Waals surface area contributed by atoms with Gasteiger partial charge in [0.15, 0.2) is 0 Å². The van der Waals surface area contributed by atoms with Gasteiger partial charge in [-0.05, 0) is 19.1 Å². The Morgan fingerprint density at radius 2 is 2.28 bits per heavy atom. The van der Waals surface area contributed by atoms with Crippen molar-refractivity contribution in [1.29, 1.82) is 0 Å². The molecule has 2 aromatic rings. The summed E-state index contributed by atoms with van der Waals surface area (Å²) in [5.41, 5.74) is 0.923. The Balaban J connectivity index is 2.00. The Hall–Kier alpha value is -1.46. The van der Waals surface area contributed by atoms with E-state index in [4.69, 9.17) is 9.84 Å². The molecule has 1 aromatic carbocycles. The molecule has 5 heteroatoms. The number of ether oxygens (including phenoxy) is 1. The SMILES string of the molecule is Cc1nc(COc2cccc(F)c2)sc1CCO. The quantitative estimate of drug-likeness (QED) is 0.905. The predicted octanol–water partition coefficient (Wildman–Crippen LogP) is 2.70. The van der Waals surface area contributed by atoms with Gasteiger partial charge in [0.25, 0.3) is 0 Å². The third-order valence-corrected chi connectivity index (χ3v) is 3.62. The molecule has 1 N–H and O–H groups in total. The summed E-state index contributed by atoms with van der Waals surface area (Å²) in [6, 6.07) is 6.03. The second kappa shape index (κ2) is 5.93. The van der Waals surface area contributed by atoms with E-state index < -0.39 is 0 Å². The summed E-state index contributed by atoms with van der Waals surface area (Å²) in [6.07, 6.45) is 0.615. The zero-order chi connectivity index (χ0) is 13.0. The van der Waals surface area contributed by atoms with Gasteiger partial charge in [-0.15, -0.1) is 11.3 Å². The molecule has 0 radical (unpaired) electrons. The molecule has 2 rings (SSSR count). The van der Waals surface area contributed by atoms with E-state index in [0.29, 0.717) is 18.8 Å². The number of hydrogen-bond donors (Lipinski definition) is 1. The second-order valence-corrected chi connectivity index (χ2v) is 5.00. The molecule has 0 amide bonds. The molecule has 0 aliphatic carbocycles. The molecule has 0 saturated heterocycles. The highest BCUT2D eigenvalue weighted by Gasteiger charge is 2.07. The van der Waals surface area contributed by atoms with Crippen LogP contribution in [0.5, 0.6) is 5.75 Å². The van der Waals surface area contributed by atoms with E-state index in [-0.39, 0.29) is 12.4 Å². The van der Waals surface area contributed by atoms with Crippen LogP contribution < -0.4 is 4.74 Å². The van der Waals surface area contributed by atoms with Crippen molar-refractivity contribution in [3.8, 4) is 5.75 Å². The van der Waals surface area contributed by atoms with Crippen molar-refractivity contribution in [3.63, 3.8) is 0 Å². The number of aryl methyl sites for hydroxylation is 1. The lowest BCUT2D eigenvalue weighted by Crippen LogP contribution is -1.95. The average Bonchev–Trinajstić information content (AvgIpc) is 2.69. The molecular formula is C13H14FNO2S. The van der Waals surface area contributed by atoms with Crippen LogP contribution in [0.2, 0.25) is 0 Å². The van der Waals surface area contributed by atoms with Crippen LogP contribution in [0, 0.1) is 12.7 Å². The molecule has 0 aliphatic rings. The number of aromatic nitrogens is 1. The van der Waals surface area contributed by atoms with Gasteiger partial charge in [0.1, 0.15) is 23.2 Å². The lowest BCUT2D eigenvalue weighted by Gasteiger charge is -2.03. The van der Waals surface area contributed by atoms with Crippen molar-refractivity contribution in [2.45, 2.75) is 20.0 Å². The topological polar surface area (TPSA) is 42.4 Å². The van der Waals surface area contributed by atoms with Crippen LogP contribution in [0.3, 0.4) is 0 Å². The first-order valence-corrected chi connectivity index (χ1v) is 6.45. The van der Waals surface area contributed by atoms with E-state index in [2.05, 4.69) is 4.98 Å². The van der Waals surface area contributed by atoms with Crippen LogP contribution in [0.1, 0.15) is 15.6 Å². The fraction of sp³-hybridized carbons (Fsp3) is 0.308. The standard InChI is InChI=1S/C13H14FNO2S/c1-9-12(5-6-16)18-13(15-9)8-17-11-4-2-3-10(14)7-11/h2-4,7,16H,5-6,8H2,1H3. The van der Waals surface area contributed by atoms with Gasteiger partial charge in [-0.25, -0.2) is 9.37 Å². The molecule has 0 unspecified atom stereocenters. The predicted molar refractivity (Wildman–Crippen MR) is 68.4 cm³/mol. The van der Waals surface area contributed by atoms with Crippen molar-refractivity contribution in [2.75, 3.05) is 6.61 Å². The maximum atomic E-state index is 12.9. The van der Waals surface area contributed by atoms with Crippen molar-refractivity contribution >= 4 is 11.3 Å². The van der Waals surface area contributed by atoms with Gasteiger partial charge < -0.3 is 9.84 Å². The zero-order valence-corrected chi connectivity index (χ0v) is 10.8. The van der Waals surface area contributed by atoms with Gasteiger partial charge in [0, 0.05) is 24.0 Å². The number of nitrogens with zero attached hydrogens (tertiary/aromatic N) is 1. The first kappa shape index (κ1) is 13.0. The van der Waals surface area contributed by atoms with Gasteiger partial charge in [0.2, 0.25) is 0 Å². The molecule has 0 spiro atoms. The van der Waals surface area contributed by atoms with E-state index in [1.165, 1.54) is 23.5 Å². The summed E-state index contributed by atoms with van der Waals surface area (Å²) in [4.78, 5) is 5.42. The van der Waals surface area contributed by atoms with Crippen molar-refractivity contribution in [1.82, 2.24) is 4.98 Å². The van der Waals surface area contributed by atoms with Crippen LogP contribution in [-0.4, -0.2) is 16.7 Å². The van der Waals surface area contributed by atoms with E-state index in [1.807, 2.05) is 6.92 Å². The van der Waals surface area contributed by atoms with Crippen LogP contribution in [-0.2, 0) is 13.0 Å². The van der Waals surface area contributed by atoms with Gasteiger partial charge in [-0.3, -0.25) is 0 Å². The lowest BCUT2D eigenvalue weighted by molar-refractivity contribution is 0.300. The number of thiazole rings is 1. The summed E-state index contributed by atoms with van der Waals surface area (Å²) >= 11 is 1.52. The minimum absolute atomic E-state index is 0.118. The molecule has 96 valence electrons. The monoisotopic (exact) mass is 267 g/mol. The highest BCUT2D eigenvalue weighted by atomic mass is 32.1. The number of halogens is 1. The van der Waals surface area contributed by atoms with Crippen molar-refractivity contribution in [3.05, 3.63) is 45.7 Å². The Morgan fingerprint density at radius 1 is 1.44 bits per heavy atom. The fourth-order valence-corrected chi connectivity index (χ4v) is 2.56. The van der Waals surface area contributed by atoms with Crippen LogP contribution in [0.4, 0.5) is 4.39 Å². The summed E-state index contributed by atoms with van der Waals surface area (Å²) in [7, 11) is 0. The highest BCUT2D eigenvalue weighted by Crippen LogP contribution is 2.20. The molecule has 0 fully saturated rings. The summed E-state index contributed by atoms with van der Waals surface area (Å²) in [5, 5.41) is 9.73. The number of aliphatic hydroxyl groups excluding tert-OH is 1. The fourth-order valence-electron chi connectivity index (χ4n) is 1.59. The van der Waals surface area contributed by atoms with Crippen molar-refractivity contribution in [2.24, 2.45) is 0 Å². The Bertz CT molecular complexity index is 527. The molecule has 1 aromatic heterocycles. The van der Waals surface area contributed by atoms with Crippen LogP contribution in [0.15, 0.2) is 24.3 Å². The van der Waals surface area contributed by atoms with Gasteiger partial charge in [-0.2, -0.15) is 0 Å². The number of rotatable bonds is 5. The number of aliphatic hydroxyl groups is 1. The third kappa shape index (κ3) is 3.27. The highest BCUT2D eigenvalue weighted by molar-refractivity contribution is 7.11. The van der Waals surface area contributed by atoms with E-state index in [0.717, 1.165) is 15.6 Å². The summed E-state index contributed by atoms with van der Waals surface area (Å²) < 4.78 is 18.4. The molecule has 18 heavy (non-hydrogen) atoms. The minimum atomic E-state index is -0.316. The van der Waals surface area contributed by atoms with E-state index in [9.17, 15) is 4.39 Å². The van der Waals surface area contributed by atoms with Crippen LogP contribution >= 0.6 is 11.3 Å². The Kier molecular flexibility index (Phi) is 4.28. The molecular weight excluding hydrogens is 253 g/mol. The molecule has 0 aliphatic heterocycles. The summed E-state index contributed by atoms with van der Waals surface area (Å²) in [6.45, 7) is 2.35. The van der Waals surface area contributed by atoms with Gasteiger partial charge in [0.05, 0.1) is 5.69 Å². The second-order valence-electron chi connectivity index (χ2n) is 3.84. The smallest absolute Gasteiger partial charge is 0.140 e. The lowest BCUT2D eigenvalue weighted by atomic mass is 10.3. The third-order valence-electron chi connectivity index (χ3n) is 2.43. The Labute approximate surface area is 109 Å². The first-order valence-electron chi connectivity index (χ1n) is 5.63. The molecule has 0 saturated carbocycles. The first-order chi connectivity index (χ1) is 8.69. The molecule has 1 heterocycles. The van der Waals surface area contributed by atoms with Crippen molar-refractivity contribution < 1.29 is 14.2 Å². The van der Waals surface area contributed by atoms with Gasteiger partial charge >= 0.3 is 0 Å². The minimum Gasteiger partial charge on any atom is -0.486 e. The molecule has 0 bridgehead atoms. The zero-order valence-electron chi connectivity index (χ0n) is 10.0. The number of benzene rings is 1. The Morgan fingerprint density at radius 3 is 3.00 bits per heavy atom. The van der Waals surface area contributed by atoms with E-state index >= 15 is 0 Å². The largest absolute Gasteiger partial charge is 0.486 e. The molecule has 3 nitrogen and oxygen atoms in total.